The third-order valence-corrected chi connectivity index (χ3v) is 3.06. The molecule has 0 heteroatoms. The zero-order chi connectivity index (χ0) is 10.7. The highest BCUT2D eigenvalue weighted by atomic mass is 14.1. The van der Waals surface area contributed by atoms with Gasteiger partial charge in [-0.15, -0.1) is 0 Å². The van der Waals surface area contributed by atoms with Crippen molar-refractivity contribution in [1.29, 1.82) is 0 Å². The van der Waals surface area contributed by atoms with E-state index in [-0.39, 0.29) is 0 Å². The second kappa shape index (κ2) is 4.45. The minimum atomic E-state index is 0.627. The van der Waals surface area contributed by atoms with E-state index in [1.165, 1.54) is 28.7 Å². The molecule has 0 aliphatic heterocycles. The van der Waals surface area contributed by atoms with Gasteiger partial charge in [0.2, 0.25) is 0 Å². The topological polar surface area (TPSA) is 0 Å². The predicted octanol–water partition coefficient (Wildman–Crippen LogP) is 4.46. The van der Waals surface area contributed by atoms with Gasteiger partial charge in [0.15, 0.2) is 0 Å². The molecule has 0 spiro atoms. The van der Waals surface area contributed by atoms with Crippen LogP contribution in [-0.4, -0.2) is 0 Å². The molecule has 1 unspecified atom stereocenters. The summed E-state index contributed by atoms with van der Waals surface area (Å²) in [6.45, 7) is 12.7. The Morgan fingerprint density at radius 2 is 1.86 bits per heavy atom. The largest absolute Gasteiger partial charge is 0.0985 e. The highest BCUT2D eigenvalue weighted by molar-refractivity contribution is 5.55. The molecule has 1 aromatic carbocycles. The van der Waals surface area contributed by atoms with Gasteiger partial charge < -0.3 is 0 Å². The second-order valence-electron chi connectivity index (χ2n) is 4.08. The molecular weight excluding hydrogens is 168 g/mol. The highest BCUT2D eigenvalue weighted by Crippen LogP contribution is 2.26. The van der Waals surface area contributed by atoms with Crippen molar-refractivity contribution in [2.75, 3.05) is 0 Å². The van der Waals surface area contributed by atoms with Crippen molar-refractivity contribution in [3.8, 4) is 0 Å². The zero-order valence-electron chi connectivity index (χ0n) is 9.72. The summed E-state index contributed by atoms with van der Waals surface area (Å²) in [5, 5.41) is 0. The summed E-state index contributed by atoms with van der Waals surface area (Å²) in [7, 11) is 0. The molecule has 1 rings (SSSR count). The van der Waals surface area contributed by atoms with Gasteiger partial charge in [-0.25, -0.2) is 0 Å². The predicted molar refractivity (Wildman–Crippen MR) is 64.7 cm³/mol. The summed E-state index contributed by atoms with van der Waals surface area (Å²) in [4.78, 5) is 0. The van der Waals surface area contributed by atoms with Crippen LogP contribution in [-0.2, 0) is 0 Å². The molecule has 0 heterocycles. The fourth-order valence-electron chi connectivity index (χ4n) is 1.68. The molecule has 14 heavy (non-hydrogen) atoms. The van der Waals surface area contributed by atoms with Crippen LogP contribution in [0, 0.1) is 13.8 Å². The molecule has 0 saturated heterocycles. The Bertz CT molecular complexity index is 334. The fourth-order valence-corrected chi connectivity index (χ4v) is 1.68. The third-order valence-electron chi connectivity index (χ3n) is 3.06. The van der Waals surface area contributed by atoms with E-state index in [4.69, 9.17) is 0 Å². The van der Waals surface area contributed by atoms with Crippen LogP contribution < -0.4 is 0 Å². The van der Waals surface area contributed by atoms with Crippen molar-refractivity contribution in [2.24, 2.45) is 0 Å². The van der Waals surface area contributed by atoms with Gasteiger partial charge >= 0.3 is 0 Å². The van der Waals surface area contributed by atoms with E-state index in [1.54, 1.807) is 0 Å². The first-order valence-electron chi connectivity index (χ1n) is 5.33. The Hall–Kier alpha value is -1.04. The molecule has 76 valence electrons. The average molecular weight is 188 g/mol. The first-order valence-corrected chi connectivity index (χ1v) is 5.33. The van der Waals surface area contributed by atoms with Crippen molar-refractivity contribution in [3.05, 3.63) is 41.0 Å². The van der Waals surface area contributed by atoms with E-state index in [2.05, 4.69) is 46.4 Å². The molecule has 0 aromatic heterocycles. The zero-order valence-corrected chi connectivity index (χ0v) is 9.72. The van der Waals surface area contributed by atoms with Gasteiger partial charge in [0.05, 0.1) is 0 Å². The third kappa shape index (κ3) is 2.06. The average Bonchev–Trinajstić information content (AvgIpc) is 2.20. The Balaban J connectivity index is 3.26. The molecule has 0 amide bonds. The lowest BCUT2D eigenvalue weighted by Crippen LogP contribution is -1.97. The molecule has 0 fully saturated rings. The molecule has 0 bridgehead atoms. The molecule has 0 aliphatic carbocycles. The molecule has 1 aromatic rings. The van der Waals surface area contributed by atoms with Crippen LogP contribution >= 0.6 is 0 Å². The summed E-state index contributed by atoms with van der Waals surface area (Å²) in [5.41, 5.74) is 5.46. The number of rotatable bonds is 3. The summed E-state index contributed by atoms with van der Waals surface area (Å²) in [6.07, 6.45) is 3.15. The normalized spacial score (nSPS) is 12.6. The van der Waals surface area contributed by atoms with Crippen LogP contribution in [0.5, 0.6) is 0 Å². The SMILES string of the molecule is C=Cc1cc(C)c(C)cc1C(C)CC. The van der Waals surface area contributed by atoms with Crippen LogP contribution in [0.2, 0.25) is 0 Å². The van der Waals surface area contributed by atoms with Crippen molar-refractivity contribution in [3.63, 3.8) is 0 Å². The van der Waals surface area contributed by atoms with Crippen molar-refractivity contribution in [1.82, 2.24) is 0 Å². The number of hydrogen-bond donors (Lipinski definition) is 0. The van der Waals surface area contributed by atoms with Gasteiger partial charge in [-0.3, -0.25) is 0 Å². The van der Waals surface area contributed by atoms with Crippen molar-refractivity contribution in [2.45, 2.75) is 40.0 Å². The molecule has 0 radical (unpaired) electrons. The monoisotopic (exact) mass is 188 g/mol. The summed E-state index contributed by atoms with van der Waals surface area (Å²) in [5.74, 6) is 0.627. The smallest absolute Gasteiger partial charge is 0.0187 e. The summed E-state index contributed by atoms with van der Waals surface area (Å²) in [6, 6.07) is 4.55. The van der Waals surface area contributed by atoms with Crippen LogP contribution in [0.4, 0.5) is 0 Å². The quantitative estimate of drug-likeness (QED) is 0.657. The van der Waals surface area contributed by atoms with Crippen LogP contribution in [0.15, 0.2) is 18.7 Å². The Kier molecular flexibility index (Phi) is 3.51. The minimum absolute atomic E-state index is 0.627. The van der Waals surface area contributed by atoms with E-state index < -0.39 is 0 Å². The molecule has 0 N–H and O–H groups in total. The van der Waals surface area contributed by atoms with Crippen molar-refractivity contribution < 1.29 is 0 Å². The van der Waals surface area contributed by atoms with E-state index in [9.17, 15) is 0 Å². The maximum Gasteiger partial charge on any atom is -0.0187 e. The van der Waals surface area contributed by atoms with Gasteiger partial charge in [-0.1, -0.05) is 38.6 Å². The molecule has 0 aliphatic rings. The number of aryl methyl sites for hydroxylation is 2. The molecule has 0 saturated carbocycles. The van der Waals surface area contributed by atoms with Gasteiger partial charge in [0, 0.05) is 0 Å². The first kappa shape index (κ1) is 11.0. The lowest BCUT2D eigenvalue weighted by molar-refractivity contribution is 0.731. The first-order chi connectivity index (χ1) is 6.60. The summed E-state index contributed by atoms with van der Waals surface area (Å²) < 4.78 is 0. The van der Waals surface area contributed by atoms with Crippen LogP contribution in [0.25, 0.3) is 6.08 Å². The van der Waals surface area contributed by atoms with Gasteiger partial charge in [-0.05, 0) is 48.4 Å². The van der Waals surface area contributed by atoms with Crippen molar-refractivity contribution >= 4 is 6.08 Å². The van der Waals surface area contributed by atoms with E-state index in [0.717, 1.165) is 0 Å². The van der Waals surface area contributed by atoms with Crippen LogP contribution in [0.3, 0.4) is 0 Å². The highest BCUT2D eigenvalue weighted by Gasteiger charge is 2.08. The number of hydrogen-bond acceptors (Lipinski definition) is 0. The Labute approximate surface area is 87.7 Å². The lowest BCUT2D eigenvalue weighted by atomic mass is 9.90. The maximum atomic E-state index is 3.88. The maximum absolute atomic E-state index is 3.88. The van der Waals surface area contributed by atoms with Crippen LogP contribution in [0.1, 0.15) is 48.4 Å². The number of benzene rings is 1. The lowest BCUT2D eigenvalue weighted by Gasteiger charge is -2.15. The Morgan fingerprint density at radius 1 is 1.29 bits per heavy atom. The van der Waals surface area contributed by atoms with E-state index in [1.807, 2.05) is 6.08 Å². The molecule has 1 atom stereocenters. The van der Waals surface area contributed by atoms with E-state index >= 15 is 0 Å². The minimum Gasteiger partial charge on any atom is -0.0985 e. The summed E-state index contributed by atoms with van der Waals surface area (Å²) >= 11 is 0. The van der Waals surface area contributed by atoms with E-state index in [0.29, 0.717) is 5.92 Å². The van der Waals surface area contributed by atoms with Gasteiger partial charge in [0.25, 0.3) is 0 Å². The van der Waals surface area contributed by atoms with Gasteiger partial charge in [-0.2, -0.15) is 0 Å². The molecule has 0 nitrogen and oxygen atoms in total. The van der Waals surface area contributed by atoms with Gasteiger partial charge in [0.1, 0.15) is 0 Å². The second-order valence-corrected chi connectivity index (χ2v) is 4.08. The standard InChI is InChI=1S/C14H20/c1-6-10(3)14-9-12(5)11(4)8-13(14)7-2/h7-10H,2,6H2,1,3-5H3. The fraction of sp³-hybridized carbons (Fsp3) is 0.429. The molecular formula is C14H20. The Morgan fingerprint density at radius 3 is 2.36 bits per heavy atom.